The van der Waals surface area contributed by atoms with Crippen LogP contribution in [0.25, 0.3) is 0 Å². The molecule has 2 nitrogen and oxygen atoms in total. The molecule has 2 N–H and O–H groups in total. The zero-order valence-corrected chi connectivity index (χ0v) is 13.2. The molecule has 2 rings (SSSR count). The summed E-state index contributed by atoms with van der Waals surface area (Å²) in [5.41, 5.74) is 6.67. The first kappa shape index (κ1) is 14.9. The molecule has 0 radical (unpaired) electrons. The van der Waals surface area contributed by atoms with Crippen molar-refractivity contribution in [2.45, 2.75) is 51.2 Å². The second-order valence-corrected chi connectivity index (χ2v) is 6.27. The van der Waals surface area contributed by atoms with Crippen LogP contribution >= 0.6 is 15.9 Å². The molecule has 0 spiro atoms. The second-order valence-electron chi connectivity index (χ2n) is 5.35. The predicted molar refractivity (Wildman–Crippen MR) is 80.5 cm³/mol. The Labute approximate surface area is 123 Å². The van der Waals surface area contributed by atoms with E-state index in [4.69, 9.17) is 5.73 Å². The molecule has 106 valence electrons. The normalized spacial score (nSPS) is 25.7. The number of likely N-dealkylation sites (tertiary alicyclic amines) is 1. The Morgan fingerprint density at radius 3 is 2.79 bits per heavy atom. The van der Waals surface area contributed by atoms with Gasteiger partial charge in [0.1, 0.15) is 5.82 Å². The van der Waals surface area contributed by atoms with Crippen LogP contribution in [0.1, 0.15) is 44.7 Å². The van der Waals surface area contributed by atoms with Gasteiger partial charge in [-0.3, -0.25) is 4.90 Å². The molecular weight excluding hydrogens is 307 g/mol. The highest BCUT2D eigenvalue weighted by Gasteiger charge is 2.35. The van der Waals surface area contributed by atoms with Gasteiger partial charge in [-0.1, -0.05) is 28.9 Å². The van der Waals surface area contributed by atoms with Crippen molar-refractivity contribution < 1.29 is 4.39 Å². The highest BCUT2D eigenvalue weighted by atomic mass is 79.9. The van der Waals surface area contributed by atoms with Crippen molar-refractivity contribution in [3.8, 4) is 0 Å². The smallest absolute Gasteiger partial charge is 0.129 e. The first-order valence-corrected chi connectivity index (χ1v) is 7.80. The zero-order valence-electron chi connectivity index (χ0n) is 11.6. The SMILES string of the molecule is CCC1CCC(C)N1C(CN)c1ccc(Br)cc1F. The van der Waals surface area contributed by atoms with Gasteiger partial charge in [0.05, 0.1) is 6.04 Å². The third-order valence-electron chi connectivity index (χ3n) is 4.22. The third kappa shape index (κ3) is 3.01. The van der Waals surface area contributed by atoms with E-state index in [0.717, 1.165) is 16.5 Å². The van der Waals surface area contributed by atoms with Crippen LogP contribution in [0.5, 0.6) is 0 Å². The maximum Gasteiger partial charge on any atom is 0.129 e. The van der Waals surface area contributed by atoms with E-state index in [9.17, 15) is 4.39 Å². The van der Waals surface area contributed by atoms with Crippen LogP contribution in [-0.4, -0.2) is 23.5 Å². The van der Waals surface area contributed by atoms with Crippen LogP contribution in [0.15, 0.2) is 22.7 Å². The Kier molecular flexibility index (Phi) is 4.98. The molecular formula is C15H22BrFN2. The maximum absolute atomic E-state index is 14.2. The minimum Gasteiger partial charge on any atom is -0.329 e. The van der Waals surface area contributed by atoms with Crippen LogP contribution in [0, 0.1) is 5.82 Å². The summed E-state index contributed by atoms with van der Waals surface area (Å²) in [4.78, 5) is 2.41. The van der Waals surface area contributed by atoms with Gasteiger partial charge < -0.3 is 5.73 Å². The Balaban J connectivity index is 2.33. The average Bonchev–Trinajstić information content (AvgIpc) is 2.74. The fourth-order valence-electron chi connectivity index (χ4n) is 3.25. The van der Waals surface area contributed by atoms with Gasteiger partial charge in [-0.2, -0.15) is 0 Å². The molecule has 0 aromatic heterocycles. The standard InChI is InChI=1S/C15H22BrFN2/c1-3-12-6-4-10(2)19(12)15(9-18)13-7-5-11(16)8-14(13)17/h5,7-8,10,12,15H,3-4,6,9,18H2,1-2H3. The number of rotatable bonds is 4. The first-order chi connectivity index (χ1) is 9.08. The van der Waals surface area contributed by atoms with Crippen LogP contribution in [0.3, 0.4) is 0 Å². The average molecular weight is 329 g/mol. The number of benzene rings is 1. The molecule has 0 aliphatic carbocycles. The lowest BCUT2D eigenvalue weighted by Gasteiger charge is -2.36. The predicted octanol–water partition coefficient (Wildman–Crippen LogP) is 3.85. The van der Waals surface area contributed by atoms with Crippen molar-refractivity contribution in [3.05, 3.63) is 34.1 Å². The Morgan fingerprint density at radius 2 is 2.21 bits per heavy atom. The third-order valence-corrected chi connectivity index (χ3v) is 4.72. The monoisotopic (exact) mass is 328 g/mol. The van der Waals surface area contributed by atoms with Crippen LogP contribution < -0.4 is 5.73 Å². The van der Waals surface area contributed by atoms with E-state index in [1.807, 2.05) is 12.1 Å². The molecule has 0 saturated carbocycles. The quantitative estimate of drug-likeness (QED) is 0.909. The van der Waals surface area contributed by atoms with Crippen molar-refractivity contribution in [1.29, 1.82) is 0 Å². The van der Waals surface area contributed by atoms with Crippen molar-refractivity contribution in [2.75, 3.05) is 6.54 Å². The van der Waals surface area contributed by atoms with Crippen LogP contribution in [0.4, 0.5) is 4.39 Å². The van der Waals surface area contributed by atoms with E-state index < -0.39 is 0 Å². The number of nitrogens with two attached hydrogens (primary N) is 1. The number of nitrogens with zero attached hydrogens (tertiary/aromatic N) is 1. The Bertz CT molecular complexity index is 438. The van der Waals surface area contributed by atoms with Gasteiger partial charge in [-0.15, -0.1) is 0 Å². The number of halogens is 2. The summed E-state index contributed by atoms with van der Waals surface area (Å²) < 4.78 is 15.0. The van der Waals surface area contributed by atoms with Gasteiger partial charge >= 0.3 is 0 Å². The molecule has 1 aromatic carbocycles. The Morgan fingerprint density at radius 1 is 1.47 bits per heavy atom. The van der Waals surface area contributed by atoms with Crippen LogP contribution in [-0.2, 0) is 0 Å². The lowest BCUT2D eigenvalue weighted by Crippen LogP contribution is -2.41. The molecule has 0 amide bonds. The van der Waals surface area contributed by atoms with E-state index >= 15 is 0 Å². The minimum atomic E-state index is -0.168. The van der Waals surface area contributed by atoms with Gasteiger partial charge in [0.15, 0.2) is 0 Å². The molecule has 4 heteroatoms. The van der Waals surface area contributed by atoms with E-state index in [2.05, 4.69) is 34.7 Å². The summed E-state index contributed by atoms with van der Waals surface area (Å²) in [7, 11) is 0. The van der Waals surface area contributed by atoms with Crippen LogP contribution in [0.2, 0.25) is 0 Å². The summed E-state index contributed by atoms with van der Waals surface area (Å²) in [6, 6.07) is 6.25. The van der Waals surface area contributed by atoms with Gasteiger partial charge in [-0.05, 0) is 38.3 Å². The van der Waals surface area contributed by atoms with E-state index in [0.29, 0.717) is 18.6 Å². The summed E-state index contributed by atoms with van der Waals surface area (Å²) in [6.45, 7) is 4.87. The summed E-state index contributed by atoms with van der Waals surface area (Å²) in [6.07, 6.45) is 3.46. The lowest BCUT2D eigenvalue weighted by atomic mass is 10.0. The topological polar surface area (TPSA) is 29.3 Å². The number of hydrogen-bond donors (Lipinski definition) is 1. The molecule has 1 aliphatic heterocycles. The molecule has 1 saturated heterocycles. The fourth-order valence-corrected chi connectivity index (χ4v) is 3.58. The zero-order chi connectivity index (χ0) is 14.0. The summed E-state index contributed by atoms with van der Waals surface area (Å²) in [5.74, 6) is -0.168. The highest BCUT2D eigenvalue weighted by Crippen LogP contribution is 2.35. The van der Waals surface area contributed by atoms with Crippen molar-refractivity contribution in [2.24, 2.45) is 5.73 Å². The molecule has 0 bridgehead atoms. The van der Waals surface area contributed by atoms with Crippen molar-refractivity contribution >= 4 is 15.9 Å². The van der Waals surface area contributed by atoms with Gasteiger partial charge in [0.25, 0.3) is 0 Å². The molecule has 1 aliphatic rings. The minimum absolute atomic E-state index is 0.0180. The van der Waals surface area contributed by atoms with Gasteiger partial charge in [-0.25, -0.2) is 4.39 Å². The molecule has 1 heterocycles. The van der Waals surface area contributed by atoms with E-state index in [-0.39, 0.29) is 11.9 Å². The summed E-state index contributed by atoms with van der Waals surface area (Å²) >= 11 is 3.30. The molecule has 1 fully saturated rings. The molecule has 19 heavy (non-hydrogen) atoms. The maximum atomic E-state index is 14.2. The van der Waals surface area contributed by atoms with Crippen molar-refractivity contribution in [3.63, 3.8) is 0 Å². The van der Waals surface area contributed by atoms with Gasteiger partial charge in [0, 0.05) is 28.7 Å². The van der Waals surface area contributed by atoms with E-state index in [1.54, 1.807) is 0 Å². The van der Waals surface area contributed by atoms with Crippen molar-refractivity contribution in [1.82, 2.24) is 4.90 Å². The molecule has 1 aromatic rings. The molecule has 3 atom stereocenters. The first-order valence-electron chi connectivity index (χ1n) is 7.00. The van der Waals surface area contributed by atoms with Gasteiger partial charge in [0.2, 0.25) is 0 Å². The largest absolute Gasteiger partial charge is 0.329 e. The number of hydrogen-bond acceptors (Lipinski definition) is 2. The summed E-state index contributed by atoms with van der Waals surface area (Å²) in [5, 5.41) is 0. The second kappa shape index (κ2) is 6.33. The molecule has 3 unspecified atom stereocenters. The van der Waals surface area contributed by atoms with E-state index in [1.165, 1.54) is 18.9 Å². The lowest BCUT2D eigenvalue weighted by molar-refractivity contribution is 0.134. The Hall–Kier alpha value is -0.450. The fraction of sp³-hybridized carbons (Fsp3) is 0.600. The highest BCUT2D eigenvalue weighted by molar-refractivity contribution is 9.10.